The Morgan fingerprint density at radius 3 is 1.67 bits per heavy atom. The quantitative estimate of drug-likeness (QED) is 0.0151. The van der Waals surface area contributed by atoms with Gasteiger partial charge in [-0.15, -0.1) is 0 Å². The Morgan fingerprint density at radius 2 is 1.14 bits per heavy atom. The second-order valence-electron chi connectivity index (χ2n) is 18.4. The van der Waals surface area contributed by atoms with Gasteiger partial charge in [-0.2, -0.15) is 0 Å². The van der Waals surface area contributed by atoms with Crippen molar-refractivity contribution in [3.05, 3.63) is 59.7 Å². The third-order valence-electron chi connectivity index (χ3n) is 11.9. The van der Waals surface area contributed by atoms with E-state index in [0.29, 0.717) is 0 Å². The molecule has 0 saturated heterocycles. The van der Waals surface area contributed by atoms with Gasteiger partial charge in [-0.3, -0.25) is 48.1 Å². The Morgan fingerprint density at radius 1 is 0.615 bits per heavy atom. The molecule has 29 nitrogen and oxygen atoms in total. The van der Waals surface area contributed by atoms with E-state index in [4.69, 9.17) is 16.2 Å². The maximum absolute atomic E-state index is 13.7. The molecule has 0 heterocycles. The minimum Gasteiger partial charge on any atom is -0.481 e. The summed E-state index contributed by atoms with van der Waals surface area (Å²) in [6, 6.07) is 4.26. The number of nitrogens with two attached hydrogens (primary N) is 2. The lowest BCUT2D eigenvalue weighted by atomic mass is 9.98. The number of methoxy groups -OCH3 is 1. The molecule has 0 bridgehead atoms. The third-order valence-corrected chi connectivity index (χ3v) is 11.9. The molecule has 9 atom stereocenters. The topological polar surface area (TPSA) is 460 Å². The number of carboxylic acid groups (broad SMARTS) is 1. The summed E-state index contributed by atoms with van der Waals surface area (Å²) in [6.07, 6.45) is -4.94. The van der Waals surface area contributed by atoms with Gasteiger partial charge in [0.15, 0.2) is 12.0 Å². The highest BCUT2D eigenvalue weighted by Crippen LogP contribution is 2.44. The number of esters is 1. The fraction of sp³-hybridized carbons (Fsp3) is 0.510. The summed E-state index contributed by atoms with van der Waals surface area (Å²) in [5.74, 6) is -12.0. The molecule has 0 fully saturated rings. The van der Waals surface area contributed by atoms with Crippen molar-refractivity contribution in [2.45, 2.75) is 114 Å². The number of hydrogen-bond donors (Lipinski definition) is 15. The molecule has 0 radical (unpaired) electrons. The fourth-order valence-corrected chi connectivity index (χ4v) is 7.79. The fourth-order valence-electron chi connectivity index (χ4n) is 7.79. The van der Waals surface area contributed by atoms with Gasteiger partial charge in [0.2, 0.25) is 47.3 Å². The average Bonchev–Trinajstić information content (AvgIpc) is 3.73. The Labute approximate surface area is 448 Å². The Kier molecular flexibility index (Phi) is 25.3. The maximum atomic E-state index is 13.7. The largest absolute Gasteiger partial charge is 0.481 e. The zero-order valence-corrected chi connectivity index (χ0v) is 43.8. The monoisotopic (exact) mass is 1100 g/mol. The summed E-state index contributed by atoms with van der Waals surface area (Å²) in [6.45, 7) is 3.87. The number of guanidine groups is 1. The minimum atomic E-state index is -1.93. The number of ether oxygens (including phenoxy) is 2. The normalized spacial score (nSPS) is 14.9. The molecule has 0 aromatic heterocycles. The van der Waals surface area contributed by atoms with Crippen molar-refractivity contribution in [2.24, 2.45) is 22.4 Å². The van der Waals surface area contributed by atoms with Gasteiger partial charge in [-0.1, -0.05) is 62.4 Å². The van der Waals surface area contributed by atoms with Crippen LogP contribution in [-0.4, -0.2) is 186 Å². The van der Waals surface area contributed by atoms with Crippen molar-refractivity contribution in [3.63, 3.8) is 0 Å². The zero-order chi connectivity index (χ0) is 58.4. The van der Waals surface area contributed by atoms with E-state index in [1.54, 1.807) is 13.8 Å². The van der Waals surface area contributed by atoms with Gasteiger partial charge in [-0.05, 0) is 61.8 Å². The van der Waals surface area contributed by atoms with E-state index in [9.17, 15) is 73.2 Å². The molecule has 0 saturated carbocycles. The molecule has 3 rings (SSSR count). The summed E-state index contributed by atoms with van der Waals surface area (Å²) >= 11 is 0. The van der Waals surface area contributed by atoms with Gasteiger partial charge in [0.1, 0.15) is 42.9 Å². The van der Waals surface area contributed by atoms with Crippen LogP contribution < -0.4 is 59.3 Å². The predicted octanol–water partition coefficient (Wildman–Crippen LogP) is -4.83. The van der Waals surface area contributed by atoms with Crippen LogP contribution in [0.25, 0.3) is 11.1 Å². The summed E-state index contributed by atoms with van der Waals surface area (Å²) < 4.78 is 10.2. The van der Waals surface area contributed by atoms with Gasteiger partial charge in [0.05, 0.1) is 45.4 Å². The molecule has 2 aromatic carbocycles. The zero-order valence-electron chi connectivity index (χ0n) is 43.8. The SMILES string of the molecule is COC(=O)[C@@H](NC(=O)[C@@H](NC(=O)CNC(=O)[C@H](C)NC(=O)[C@H](CO)NC(=O)[C@H](CC(=O)O)NC(=O)CNC(=O)[C@@H](NC(=O)[C@H](CCCN=C(N)N)NC(=O)OCC1c2ccccc2-c2ccccc21)[C@@H](C)O)C(C)C)[C@@H](C)O. The highest BCUT2D eigenvalue weighted by atomic mass is 16.5. The average molecular weight is 1100 g/mol. The molecule has 17 N–H and O–H groups in total. The van der Waals surface area contributed by atoms with Crippen LogP contribution >= 0.6 is 0 Å². The van der Waals surface area contributed by atoms with Gasteiger partial charge in [0.25, 0.3) is 0 Å². The highest BCUT2D eigenvalue weighted by Gasteiger charge is 2.35. The lowest BCUT2D eigenvalue weighted by Crippen LogP contribution is -2.59. The van der Waals surface area contributed by atoms with E-state index in [1.165, 1.54) is 13.8 Å². The molecule has 428 valence electrons. The Balaban J connectivity index is 1.58. The van der Waals surface area contributed by atoms with Crippen molar-refractivity contribution in [1.29, 1.82) is 0 Å². The molecular formula is C49H70N12O17. The van der Waals surface area contributed by atoms with Crippen molar-refractivity contribution in [1.82, 2.24) is 47.9 Å². The maximum Gasteiger partial charge on any atom is 0.407 e. The van der Waals surface area contributed by atoms with Crippen LogP contribution in [0.3, 0.4) is 0 Å². The molecule has 1 aliphatic carbocycles. The second-order valence-corrected chi connectivity index (χ2v) is 18.4. The number of amides is 9. The number of rotatable bonds is 30. The number of aliphatic imine (C=N–C) groups is 1. The molecule has 2 aromatic rings. The summed E-state index contributed by atoms with van der Waals surface area (Å²) in [5, 5.41) is 60.1. The Bertz CT molecular complexity index is 2480. The van der Waals surface area contributed by atoms with E-state index < -0.39 is 152 Å². The first-order chi connectivity index (χ1) is 36.8. The number of aliphatic hydroxyl groups excluding tert-OH is 3. The first kappa shape index (κ1) is 63.8. The first-order valence-corrected chi connectivity index (χ1v) is 24.6. The van der Waals surface area contributed by atoms with Gasteiger partial charge < -0.3 is 89.2 Å². The molecule has 1 aliphatic rings. The number of alkyl carbamates (subject to hydrolysis) is 1. The van der Waals surface area contributed by atoms with Crippen molar-refractivity contribution < 1.29 is 82.6 Å². The van der Waals surface area contributed by atoms with Crippen LogP contribution in [0.4, 0.5) is 4.79 Å². The van der Waals surface area contributed by atoms with Gasteiger partial charge in [0, 0.05) is 12.5 Å². The number of aliphatic hydroxyl groups is 3. The molecule has 0 unspecified atom stereocenters. The number of carbonyl (C=O) groups excluding carboxylic acids is 10. The predicted molar refractivity (Wildman–Crippen MR) is 275 cm³/mol. The smallest absolute Gasteiger partial charge is 0.407 e. The van der Waals surface area contributed by atoms with Crippen molar-refractivity contribution >= 4 is 71.2 Å². The highest BCUT2D eigenvalue weighted by molar-refractivity contribution is 5.98. The van der Waals surface area contributed by atoms with Crippen LogP contribution in [0.1, 0.15) is 70.9 Å². The lowest BCUT2D eigenvalue weighted by molar-refractivity contribution is -0.148. The summed E-state index contributed by atoms with van der Waals surface area (Å²) in [7, 11) is 1.05. The van der Waals surface area contributed by atoms with Gasteiger partial charge >= 0.3 is 18.0 Å². The summed E-state index contributed by atoms with van der Waals surface area (Å²) in [5.41, 5.74) is 14.7. The van der Waals surface area contributed by atoms with E-state index >= 15 is 0 Å². The number of fused-ring (bicyclic) bond motifs is 3. The molecule has 0 spiro atoms. The van der Waals surface area contributed by atoms with Crippen LogP contribution in [0.2, 0.25) is 0 Å². The minimum absolute atomic E-state index is 0.0481. The van der Waals surface area contributed by atoms with Crippen LogP contribution in [0.15, 0.2) is 53.5 Å². The van der Waals surface area contributed by atoms with Crippen molar-refractivity contribution in [3.8, 4) is 11.1 Å². The van der Waals surface area contributed by atoms with Crippen LogP contribution in [-0.2, 0) is 57.4 Å². The number of hydrogen-bond acceptors (Lipinski definition) is 17. The summed E-state index contributed by atoms with van der Waals surface area (Å²) in [4.78, 5) is 146. The Hall–Kier alpha value is -8.44. The second kappa shape index (κ2) is 30.9. The molecule has 29 heteroatoms. The van der Waals surface area contributed by atoms with Crippen molar-refractivity contribution in [2.75, 3.05) is 40.0 Å². The molecular weight excluding hydrogens is 1030 g/mol. The van der Waals surface area contributed by atoms with Gasteiger partial charge in [-0.25, -0.2) is 9.59 Å². The third kappa shape index (κ3) is 19.6. The number of carboxylic acids is 1. The molecule has 0 aliphatic heterocycles. The van der Waals surface area contributed by atoms with Crippen LogP contribution in [0.5, 0.6) is 0 Å². The first-order valence-electron chi connectivity index (χ1n) is 24.6. The number of nitrogens with one attached hydrogen (secondary N) is 9. The van der Waals surface area contributed by atoms with Crippen LogP contribution in [0, 0.1) is 5.92 Å². The standard InChI is InChI=1S/C49H70N12O17/c1-23(2)38(46(74)61-40(26(5)64)47(75)77-6)59-36(66)20-53-41(69)24(3)55-44(72)34(21-62)57-43(71)33(18-37(67)68)56-35(65)19-54-45(73)39(25(4)63)60-42(70)32(16-11-17-52-48(50)51)58-49(76)78-22-31-29-14-9-7-12-27(29)28-13-8-10-15-30(28)31/h7-10,12-15,23-26,31-34,38-40,62-64H,11,16-22H2,1-6H3,(H,53,69)(H,54,73)(H,55,72)(H,56,65)(H,57,71)(H,58,76)(H,59,66)(H,60,70)(H,61,74)(H,67,68)(H4,50,51,52)/t24-,25+,26+,32-,33-,34-,38-,39-,40-/m0/s1. The molecule has 78 heavy (non-hydrogen) atoms. The number of carbonyl (C=O) groups is 11. The number of benzene rings is 2. The number of nitrogens with zero attached hydrogens (tertiary/aromatic N) is 1. The van der Waals surface area contributed by atoms with E-state index in [1.807, 2.05) is 48.5 Å². The number of aliphatic carboxylic acids is 1. The van der Waals surface area contributed by atoms with E-state index in [0.717, 1.165) is 36.3 Å². The van der Waals surface area contributed by atoms with E-state index in [-0.39, 0.29) is 37.9 Å². The van der Waals surface area contributed by atoms with E-state index in [2.05, 4.69) is 57.6 Å². The lowest BCUT2D eigenvalue weighted by Gasteiger charge is -2.26. The molecule has 9 amide bonds.